The Morgan fingerprint density at radius 1 is 1.20 bits per heavy atom. The minimum Gasteiger partial charge on any atom is -0.355 e. The Hall–Kier alpha value is -1.63. The van der Waals surface area contributed by atoms with Crippen LogP contribution in [0.3, 0.4) is 0 Å². The van der Waals surface area contributed by atoms with E-state index in [1.165, 1.54) is 11.3 Å². The second-order valence-corrected chi connectivity index (χ2v) is 7.59. The number of thiophene rings is 1. The Bertz CT molecular complexity index is 769. The van der Waals surface area contributed by atoms with Crippen LogP contribution in [0.4, 0.5) is 0 Å². The number of nitrogens with zero attached hydrogens (tertiary/aromatic N) is 2. The van der Waals surface area contributed by atoms with Gasteiger partial charge in [-0.1, -0.05) is 36.7 Å². The second-order valence-electron chi connectivity index (χ2n) is 6.16. The summed E-state index contributed by atoms with van der Waals surface area (Å²) in [5.74, 6) is 0.0375. The molecule has 0 aliphatic carbocycles. The van der Waals surface area contributed by atoms with Gasteiger partial charge in [0.05, 0.1) is 11.6 Å². The molecule has 1 aromatic heterocycles. The van der Waals surface area contributed by atoms with Crippen molar-refractivity contribution in [3.8, 4) is 0 Å². The van der Waals surface area contributed by atoms with Crippen LogP contribution in [0.5, 0.6) is 0 Å². The Balaban J connectivity index is 1.59. The van der Waals surface area contributed by atoms with Gasteiger partial charge >= 0.3 is 0 Å². The number of benzene rings is 1. The lowest BCUT2D eigenvalue weighted by atomic mass is 10.2. The molecule has 1 aliphatic rings. The number of rotatable bonds is 5. The smallest absolute Gasteiger partial charge is 0.265 e. The summed E-state index contributed by atoms with van der Waals surface area (Å²) < 4.78 is 1.03. The molecule has 5 nitrogen and oxygen atoms in total. The number of nitrogens with one attached hydrogen (secondary N) is 1. The number of hydrogen-bond acceptors (Lipinski definition) is 4. The zero-order chi connectivity index (χ0) is 17.8. The zero-order valence-electron chi connectivity index (χ0n) is 14.3. The maximum absolute atomic E-state index is 12.8. The van der Waals surface area contributed by atoms with Gasteiger partial charge in [0.15, 0.2) is 0 Å². The number of piperazine rings is 1. The molecule has 0 bridgehead atoms. The normalized spacial score (nSPS) is 15.5. The molecule has 0 spiro atoms. The van der Waals surface area contributed by atoms with Crippen LogP contribution < -0.4 is 5.32 Å². The van der Waals surface area contributed by atoms with Gasteiger partial charge < -0.3 is 10.2 Å². The van der Waals surface area contributed by atoms with Crippen LogP contribution in [-0.2, 0) is 4.79 Å². The van der Waals surface area contributed by atoms with E-state index in [4.69, 9.17) is 11.6 Å². The molecule has 1 fully saturated rings. The maximum Gasteiger partial charge on any atom is 0.265 e. The first-order chi connectivity index (χ1) is 12.1. The highest BCUT2D eigenvalue weighted by atomic mass is 35.5. The Morgan fingerprint density at radius 3 is 2.60 bits per heavy atom. The molecule has 25 heavy (non-hydrogen) atoms. The van der Waals surface area contributed by atoms with Crippen molar-refractivity contribution in [1.82, 2.24) is 15.1 Å². The van der Waals surface area contributed by atoms with Gasteiger partial charge in [-0.05, 0) is 12.5 Å². The minimum absolute atomic E-state index is 0.0127. The second kappa shape index (κ2) is 8.17. The SMILES string of the molecule is CCCNC(=O)CN1CCN(C(=O)c2sc3ccccc3c2Cl)CC1. The molecule has 1 aliphatic heterocycles. The molecule has 2 heterocycles. The van der Waals surface area contributed by atoms with Crippen LogP contribution in [-0.4, -0.2) is 60.9 Å². The van der Waals surface area contributed by atoms with E-state index in [2.05, 4.69) is 10.2 Å². The fourth-order valence-corrected chi connectivity index (χ4v) is 4.41. The van der Waals surface area contributed by atoms with Crippen molar-refractivity contribution in [2.45, 2.75) is 13.3 Å². The first kappa shape index (κ1) is 18.2. The van der Waals surface area contributed by atoms with E-state index in [0.717, 1.165) is 16.5 Å². The quantitative estimate of drug-likeness (QED) is 0.869. The van der Waals surface area contributed by atoms with Gasteiger partial charge in [0.2, 0.25) is 5.91 Å². The highest BCUT2D eigenvalue weighted by Gasteiger charge is 2.26. The van der Waals surface area contributed by atoms with E-state index in [1.807, 2.05) is 36.1 Å². The van der Waals surface area contributed by atoms with Gasteiger partial charge in [-0.25, -0.2) is 0 Å². The molecule has 2 amide bonds. The summed E-state index contributed by atoms with van der Waals surface area (Å²) >= 11 is 7.86. The first-order valence-electron chi connectivity index (χ1n) is 8.55. The highest BCUT2D eigenvalue weighted by molar-refractivity contribution is 7.21. The molecule has 134 valence electrons. The van der Waals surface area contributed by atoms with Gasteiger partial charge in [0.25, 0.3) is 5.91 Å². The fraction of sp³-hybridized carbons (Fsp3) is 0.444. The Kier molecular flexibility index (Phi) is 5.93. The first-order valence-corrected chi connectivity index (χ1v) is 9.75. The van der Waals surface area contributed by atoms with Crippen LogP contribution in [0.1, 0.15) is 23.0 Å². The number of carbonyl (C=O) groups excluding carboxylic acids is 2. The van der Waals surface area contributed by atoms with Crippen LogP contribution in [0.2, 0.25) is 5.02 Å². The summed E-state index contributed by atoms with van der Waals surface area (Å²) in [6.07, 6.45) is 0.934. The third-order valence-electron chi connectivity index (χ3n) is 4.33. The standard InChI is InChI=1S/C18H22ClN3O2S/c1-2-7-20-15(23)12-21-8-10-22(11-9-21)18(24)17-16(19)13-5-3-4-6-14(13)25-17/h3-6H,2,7-12H2,1H3,(H,20,23). The summed E-state index contributed by atoms with van der Waals surface area (Å²) in [5, 5.41) is 4.37. The van der Waals surface area contributed by atoms with E-state index < -0.39 is 0 Å². The van der Waals surface area contributed by atoms with Crippen molar-refractivity contribution in [3.63, 3.8) is 0 Å². The third-order valence-corrected chi connectivity index (χ3v) is 5.99. The molecule has 3 rings (SSSR count). The molecule has 0 radical (unpaired) electrons. The predicted molar refractivity (Wildman–Crippen MR) is 102 cm³/mol. The van der Waals surface area contributed by atoms with Gasteiger partial charge in [-0.3, -0.25) is 14.5 Å². The van der Waals surface area contributed by atoms with E-state index in [1.54, 1.807) is 0 Å². The highest BCUT2D eigenvalue weighted by Crippen LogP contribution is 2.35. The molecule has 0 unspecified atom stereocenters. The lowest BCUT2D eigenvalue weighted by Gasteiger charge is -2.34. The van der Waals surface area contributed by atoms with Crippen LogP contribution in [0, 0.1) is 0 Å². The van der Waals surface area contributed by atoms with Gasteiger partial charge in [0.1, 0.15) is 4.88 Å². The molecule has 2 aromatic rings. The van der Waals surface area contributed by atoms with Crippen molar-refractivity contribution in [2.24, 2.45) is 0 Å². The third kappa shape index (κ3) is 4.14. The molecular formula is C18H22ClN3O2S. The number of amides is 2. The largest absolute Gasteiger partial charge is 0.355 e. The van der Waals surface area contributed by atoms with E-state index in [9.17, 15) is 9.59 Å². The van der Waals surface area contributed by atoms with Crippen molar-refractivity contribution < 1.29 is 9.59 Å². The van der Waals surface area contributed by atoms with Crippen molar-refractivity contribution >= 4 is 44.8 Å². The Morgan fingerprint density at radius 2 is 1.92 bits per heavy atom. The summed E-state index contributed by atoms with van der Waals surface area (Å²) in [4.78, 5) is 29.1. The van der Waals surface area contributed by atoms with E-state index in [0.29, 0.717) is 49.2 Å². The summed E-state index contributed by atoms with van der Waals surface area (Å²) in [6.45, 7) is 5.77. The molecule has 0 saturated carbocycles. The van der Waals surface area contributed by atoms with Crippen molar-refractivity contribution in [1.29, 1.82) is 0 Å². The van der Waals surface area contributed by atoms with Crippen LogP contribution in [0.25, 0.3) is 10.1 Å². The maximum atomic E-state index is 12.8. The van der Waals surface area contributed by atoms with Gasteiger partial charge in [0, 0.05) is 42.8 Å². The van der Waals surface area contributed by atoms with Crippen LogP contribution >= 0.6 is 22.9 Å². The average molecular weight is 380 g/mol. The molecule has 0 atom stereocenters. The Labute approximate surface area is 156 Å². The lowest BCUT2D eigenvalue weighted by Crippen LogP contribution is -2.51. The van der Waals surface area contributed by atoms with Crippen molar-refractivity contribution in [3.05, 3.63) is 34.2 Å². The van der Waals surface area contributed by atoms with Crippen molar-refractivity contribution in [2.75, 3.05) is 39.3 Å². The monoisotopic (exact) mass is 379 g/mol. The van der Waals surface area contributed by atoms with E-state index >= 15 is 0 Å². The average Bonchev–Trinajstić information content (AvgIpc) is 2.97. The van der Waals surface area contributed by atoms with E-state index in [-0.39, 0.29) is 11.8 Å². The molecule has 7 heteroatoms. The fourth-order valence-electron chi connectivity index (χ4n) is 2.93. The summed E-state index contributed by atoms with van der Waals surface area (Å²) in [7, 11) is 0. The number of halogens is 1. The molecule has 1 N–H and O–H groups in total. The number of carbonyl (C=O) groups is 2. The predicted octanol–water partition coefficient (Wildman–Crippen LogP) is 2.84. The van der Waals surface area contributed by atoms with Gasteiger partial charge in [-0.15, -0.1) is 11.3 Å². The number of fused-ring (bicyclic) bond motifs is 1. The zero-order valence-corrected chi connectivity index (χ0v) is 15.8. The molecule has 1 aromatic carbocycles. The topological polar surface area (TPSA) is 52.7 Å². The number of hydrogen-bond donors (Lipinski definition) is 1. The molecule has 1 saturated heterocycles. The molecular weight excluding hydrogens is 358 g/mol. The summed E-state index contributed by atoms with van der Waals surface area (Å²) in [6, 6.07) is 7.80. The minimum atomic E-state index is -0.0127. The van der Waals surface area contributed by atoms with Crippen LogP contribution in [0.15, 0.2) is 24.3 Å². The van der Waals surface area contributed by atoms with Gasteiger partial charge in [-0.2, -0.15) is 0 Å². The lowest BCUT2D eigenvalue weighted by molar-refractivity contribution is -0.122. The summed E-state index contributed by atoms with van der Waals surface area (Å²) in [5.41, 5.74) is 0.